The maximum absolute atomic E-state index is 12.0. The molecule has 0 aliphatic carbocycles. The van der Waals surface area contributed by atoms with Crippen LogP contribution < -0.4 is 15.4 Å². The van der Waals surface area contributed by atoms with Gasteiger partial charge in [-0.25, -0.2) is 0 Å². The van der Waals surface area contributed by atoms with Crippen molar-refractivity contribution in [3.63, 3.8) is 0 Å². The van der Waals surface area contributed by atoms with Crippen LogP contribution in [0.3, 0.4) is 0 Å². The molecule has 1 aromatic heterocycles. The molecule has 3 aromatic rings. The molecule has 0 unspecified atom stereocenters. The molecule has 0 saturated heterocycles. The van der Waals surface area contributed by atoms with E-state index in [-0.39, 0.29) is 5.91 Å². The summed E-state index contributed by atoms with van der Waals surface area (Å²) in [5.74, 6) is 0.864. The number of nitrogens with one attached hydrogen (secondary N) is 2. The molecule has 0 saturated carbocycles. The fraction of sp³-hybridized carbons (Fsp3) is 0.250. The average Bonchev–Trinajstić information content (AvgIpc) is 2.74. The van der Waals surface area contributed by atoms with Crippen LogP contribution in [0.5, 0.6) is 5.75 Å². The Morgan fingerprint density at radius 1 is 0.966 bits per heavy atom. The highest BCUT2D eigenvalue weighted by molar-refractivity contribution is 5.94. The number of aromatic nitrogens is 1. The number of hydrogen-bond donors (Lipinski definition) is 2. The van der Waals surface area contributed by atoms with Crippen LogP contribution in [0, 0.1) is 13.8 Å². The van der Waals surface area contributed by atoms with Crippen molar-refractivity contribution >= 4 is 5.91 Å². The number of ether oxygens (including phenoxy) is 1. The van der Waals surface area contributed by atoms with Gasteiger partial charge < -0.3 is 15.4 Å². The van der Waals surface area contributed by atoms with Crippen molar-refractivity contribution in [2.45, 2.75) is 27.0 Å². The fourth-order valence-corrected chi connectivity index (χ4v) is 3.19. The van der Waals surface area contributed by atoms with Crippen molar-refractivity contribution < 1.29 is 9.53 Å². The van der Waals surface area contributed by atoms with E-state index in [0.717, 1.165) is 29.1 Å². The Morgan fingerprint density at radius 2 is 1.69 bits per heavy atom. The molecule has 0 radical (unpaired) electrons. The fourth-order valence-electron chi connectivity index (χ4n) is 3.19. The molecule has 0 aliphatic heterocycles. The minimum Gasteiger partial charge on any atom is -0.487 e. The summed E-state index contributed by atoms with van der Waals surface area (Å²) in [6.07, 6.45) is 1.77. The predicted octanol–water partition coefficient (Wildman–Crippen LogP) is 3.80. The summed E-state index contributed by atoms with van der Waals surface area (Å²) in [6.45, 7) is 6.60. The van der Waals surface area contributed by atoms with Gasteiger partial charge in [-0.1, -0.05) is 36.4 Å². The van der Waals surface area contributed by atoms with E-state index in [4.69, 9.17) is 4.74 Å². The van der Waals surface area contributed by atoms with E-state index >= 15 is 0 Å². The van der Waals surface area contributed by atoms with Crippen molar-refractivity contribution in [2.75, 3.05) is 13.1 Å². The van der Waals surface area contributed by atoms with Gasteiger partial charge in [0.25, 0.3) is 5.91 Å². The molecule has 1 amide bonds. The second-order valence-corrected chi connectivity index (χ2v) is 6.97. The number of hydrogen-bond acceptors (Lipinski definition) is 4. The Morgan fingerprint density at radius 3 is 2.38 bits per heavy atom. The molecule has 3 rings (SSSR count). The third-order valence-corrected chi connectivity index (χ3v) is 4.56. The van der Waals surface area contributed by atoms with Gasteiger partial charge in [-0.2, -0.15) is 0 Å². The van der Waals surface area contributed by atoms with Gasteiger partial charge >= 0.3 is 0 Å². The molecule has 0 aliphatic rings. The van der Waals surface area contributed by atoms with E-state index in [1.54, 1.807) is 6.20 Å². The predicted molar refractivity (Wildman–Crippen MR) is 115 cm³/mol. The van der Waals surface area contributed by atoms with Gasteiger partial charge in [-0.15, -0.1) is 0 Å². The molecule has 2 N–H and O–H groups in total. The van der Waals surface area contributed by atoms with Crippen molar-refractivity contribution in [1.82, 2.24) is 15.6 Å². The van der Waals surface area contributed by atoms with Gasteiger partial charge in [0.1, 0.15) is 12.4 Å². The highest BCUT2D eigenvalue weighted by Gasteiger charge is 2.08. The molecule has 2 aromatic carbocycles. The summed E-state index contributed by atoms with van der Waals surface area (Å²) in [5.41, 5.74) is 5.00. The summed E-state index contributed by atoms with van der Waals surface area (Å²) < 4.78 is 5.99. The molecule has 150 valence electrons. The van der Waals surface area contributed by atoms with Crippen molar-refractivity contribution in [3.05, 3.63) is 94.8 Å². The molecule has 0 fully saturated rings. The quantitative estimate of drug-likeness (QED) is 0.547. The normalized spacial score (nSPS) is 10.6. The smallest absolute Gasteiger partial charge is 0.251 e. The SMILES string of the molecule is Cc1cc(CNCCNC(=O)c2ccccc2)cc(C)c1OCc1ccccn1. The number of carbonyl (C=O) groups is 1. The first kappa shape index (κ1) is 20.6. The Kier molecular flexibility index (Phi) is 7.36. The zero-order chi connectivity index (χ0) is 20.5. The van der Waals surface area contributed by atoms with Gasteiger partial charge in [0.2, 0.25) is 0 Å². The molecule has 1 heterocycles. The summed E-state index contributed by atoms with van der Waals surface area (Å²) in [5, 5.41) is 6.30. The first-order valence-electron chi connectivity index (χ1n) is 9.80. The van der Waals surface area contributed by atoms with Crippen molar-refractivity contribution in [3.8, 4) is 5.75 Å². The van der Waals surface area contributed by atoms with E-state index < -0.39 is 0 Å². The zero-order valence-corrected chi connectivity index (χ0v) is 16.9. The minimum atomic E-state index is -0.0477. The van der Waals surface area contributed by atoms with Crippen LogP contribution in [0.15, 0.2) is 66.9 Å². The third kappa shape index (κ3) is 6.16. The van der Waals surface area contributed by atoms with Gasteiger partial charge in [0.05, 0.1) is 5.69 Å². The number of nitrogens with zero attached hydrogens (tertiary/aromatic N) is 1. The zero-order valence-electron chi connectivity index (χ0n) is 16.9. The number of pyridine rings is 1. The van der Waals surface area contributed by atoms with Crippen LogP contribution in [-0.4, -0.2) is 24.0 Å². The minimum absolute atomic E-state index is 0.0477. The molecule has 5 heteroatoms. The van der Waals surface area contributed by atoms with Crippen LogP contribution in [-0.2, 0) is 13.2 Å². The van der Waals surface area contributed by atoms with Crippen LogP contribution in [0.2, 0.25) is 0 Å². The summed E-state index contributed by atoms with van der Waals surface area (Å²) >= 11 is 0. The maximum Gasteiger partial charge on any atom is 0.251 e. The van der Waals surface area contributed by atoms with E-state index in [1.165, 1.54) is 5.56 Å². The summed E-state index contributed by atoms with van der Waals surface area (Å²) in [7, 11) is 0. The molecule has 29 heavy (non-hydrogen) atoms. The van der Waals surface area contributed by atoms with E-state index in [1.807, 2.05) is 48.5 Å². The number of aryl methyl sites for hydroxylation is 2. The summed E-state index contributed by atoms with van der Waals surface area (Å²) in [4.78, 5) is 16.3. The van der Waals surface area contributed by atoms with Crippen LogP contribution >= 0.6 is 0 Å². The lowest BCUT2D eigenvalue weighted by molar-refractivity contribution is 0.0954. The Hall–Kier alpha value is -3.18. The van der Waals surface area contributed by atoms with E-state index in [0.29, 0.717) is 25.3 Å². The molecule has 0 spiro atoms. The lowest BCUT2D eigenvalue weighted by Gasteiger charge is -2.14. The largest absolute Gasteiger partial charge is 0.487 e. The first-order valence-corrected chi connectivity index (χ1v) is 9.80. The lowest BCUT2D eigenvalue weighted by atomic mass is 10.1. The molecular weight excluding hydrogens is 362 g/mol. The first-order chi connectivity index (χ1) is 14.1. The summed E-state index contributed by atoms with van der Waals surface area (Å²) in [6, 6.07) is 19.3. The monoisotopic (exact) mass is 389 g/mol. The lowest BCUT2D eigenvalue weighted by Crippen LogP contribution is -2.31. The highest BCUT2D eigenvalue weighted by Crippen LogP contribution is 2.25. The molecule has 5 nitrogen and oxygen atoms in total. The van der Waals surface area contributed by atoms with Crippen LogP contribution in [0.25, 0.3) is 0 Å². The van der Waals surface area contributed by atoms with Crippen molar-refractivity contribution in [1.29, 1.82) is 0 Å². The van der Waals surface area contributed by atoms with Gasteiger partial charge in [-0.3, -0.25) is 9.78 Å². The Balaban J connectivity index is 1.45. The number of benzene rings is 2. The Labute approximate surface area is 172 Å². The van der Waals surface area contributed by atoms with Crippen LogP contribution in [0.4, 0.5) is 0 Å². The molecule has 0 atom stereocenters. The second kappa shape index (κ2) is 10.4. The van der Waals surface area contributed by atoms with E-state index in [9.17, 15) is 4.79 Å². The number of amides is 1. The van der Waals surface area contributed by atoms with Crippen LogP contribution in [0.1, 0.15) is 32.7 Å². The molecule has 0 bridgehead atoms. The standard InChI is InChI=1S/C24H27N3O2/c1-18-14-20(15-19(2)23(18)29-17-22-10-6-7-11-26-22)16-25-12-13-27-24(28)21-8-4-3-5-9-21/h3-11,14-15,25H,12-13,16-17H2,1-2H3,(H,27,28). The topological polar surface area (TPSA) is 63.2 Å². The van der Waals surface area contributed by atoms with Gasteiger partial charge in [0.15, 0.2) is 0 Å². The highest BCUT2D eigenvalue weighted by atomic mass is 16.5. The number of rotatable bonds is 9. The molecular formula is C24H27N3O2. The van der Waals surface area contributed by atoms with Gasteiger partial charge in [0, 0.05) is 31.4 Å². The van der Waals surface area contributed by atoms with Crippen molar-refractivity contribution in [2.24, 2.45) is 0 Å². The van der Waals surface area contributed by atoms with E-state index in [2.05, 4.69) is 41.6 Å². The second-order valence-electron chi connectivity index (χ2n) is 6.97. The average molecular weight is 389 g/mol. The third-order valence-electron chi connectivity index (χ3n) is 4.56. The maximum atomic E-state index is 12.0. The number of carbonyl (C=O) groups excluding carboxylic acids is 1. The van der Waals surface area contributed by atoms with Gasteiger partial charge in [-0.05, 0) is 54.8 Å². The Bertz CT molecular complexity index is 904.